The fourth-order valence-corrected chi connectivity index (χ4v) is 2.75. The highest BCUT2D eigenvalue weighted by Crippen LogP contribution is 2.33. The number of carbonyl (C=O) groups excluding carboxylic acids is 1. The first-order chi connectivity index (χ1) is 6.59. The first-order valence-electron chi connectivity index (χ1n) is 4.82. The summed E-state index contributed by atoms with van der Waals surface area (Å²) in [4.78, 5) is 15.9. The van der Waals surface area contributed by atoms with Gasteiger partial charge in [0, 0.05) is 23.3 Å². The Balaban J connectivity index is 2.30. The van der Waals surface area contributed by atoms with Crippen LogP contribution >= 0.6 is 11.3 Å². The zero-order valence-corrected chi connectivity index (χ0v) is 9.39. The maximum atomic E-state index is 11.4. The molecule has 0 bridgehead atoms. The van der Waals surface area contributed by atoms with Crippen molar-refractivity contribution in [2.45, 2.75) is 32.7 Å². The van der Waals surface area contributed by atoms with Gasteiger partial charge < -0.3 is 5.32 Å². The number of aromatic nitrogens is 1. The van der Waals surface area contributed by atoms with Gasteiger partial charge >= 0.3 is 0 Å². The predicted molar refractivity (Wildman–Crippen MR) is 56.4 cm³/mol. The molecule has 3 unspecified atom stereocenters. The average molecular weight is 210 g/mol. The van der Waals surface area contributed by atoms with Crippen molar-refractivity contribution in [2.24, 2.45) is 5.92 Å². The summed E-state index contributed by atoms with van der Waals surface area (Å²) in [6, 6.07) is 0.207. The van der Waals surface area contributed by atoms with Crippen molar-refractivity contribution in [3.8, 4) is 0 Å². The van der Waals surface area contributed by atoms with Gasteiger partial charge in [0.2, 0.25) is 5.91 Å². The zero-order valence-electron chi connectivity index (χ0n) is 8.57. The molecular formula is C10H14N2OS. The van der Waals surface area contributed by atoms with E-state index < -0.39 is 0 Å². The smallest absolute Gasteiger partial charge is 0.223 e. The molecule has 1 fully saturated rings. The maximum Gasteiger partial charge on any atom is 0.223 e. The molecule has 1 aliphatic rings. The molecule has 2 rings (SSSR count). The molecule has 1 saturated heterocycles. The highest BCUT2D eigenvalue weighted by Gasteiger charge is 2.38. The molecule has 3 nitrogen and oxygen atoms in total. The zero-order chi connectivity index (χ0) is 10.3. The summed E-state index contributed by atoms with van der Waals surface area (Å²) in [5.41, 5.74) is 1.06. The summed E-state index contributed by atoms with van der Waals surface area (Å²) >= 11 is 1.65. The van der Waals surface area contributed by atoms with Crippen molar-refractivity contribution >= 4 is 17.2 Å². The van der Waals surface area contributed by atoms with Crippen molar-refractivity contribution in [1.29, 1.82) is 0 Å². The summed E-state index contributed by atoms with van der Waals surface area (Å²) in [7, 11) is 0. The van der Waals surface area contributed by atoms with Crippen LogP contribution in [0.4, 0.5) is 0 Å². The number of rotatable bonds is 1. The first-order valence-corrected chi connectivity index (χ1v) is 5.70. The molecule has 2 heterocycles. The van der Waals surface area contributed by atoms with Gasteiger partial charge in [-0.1, -0.05) is 6.92 Å². The number of hydrogen-bond donors (Lipinski definition) is 1. The summed E-state index contributed by atoms with van der Waals surface area (Å²) in [5, 5.41) is 6.08. The fraction of sp³-hybridized carbons (Fsp3) is 0.600. The van der Waals surface area contributed by atoms with Gasteiger partial charge in [-0.2, -0.15) is 0 Å². The number of thiazole rings is 1. The van der Waals surface area contributed by atoms with E-state index in [1.807, 2.05) is 20.8 Å². The van der Waals surface area contributed by atoms with Crippen molar-refractivity contribution in [1.82, 2.24) is 10.3 Å². The molecule has 0 saturated carbocycles. The Bertz CT molecular complexity index is 361. The van der Waals surface area contributed by atoms with Crippen LogP contribution in [0.2, 0.25) is 0 Å². The number of aryl methyl sites for hydroxylation is 1. The van der Waals surface area contributed by atoms with E-state index in [0.29, 0.717) is 0 Å². The van der Waals surface area contributed by atoms with Gasteiger partial charge in [-0.15, -0.1) is 11.3 Å². The molecule has 0 radical (unpaired) electrons. The van der Waals surface area contributed by atoms with Crippen molar-refractivity contribution < 1.29 is 4.79 Å². The Kier molecular flexibility index (Phi) is 2.31. The Hall–Kier alpha value is -0.900. The molecule has 1 N–H and O–H groups in total. The highest BCUT2D eigenvalue weighted by atomic mass is 32.1. The molecular weight excluding hydrogens is 196 g/mol. The Morgan fingerprint density at radius 2 is 2.21 bits per heavy atom. The summed E-state index contributed by atoms with van der Waals surface area (Å²) in [6.07, 6.45) is 0. The second-order valence-corrected chi connectivity index (χ2v) is 4.97. The topological polar surface area (TPSA) is 42.0 Å². The van der Waals surface area contributed by atoms with E-state index in [0.717, 1.165) is 10.7 Å². The molecule has 3 atom stereocenters. The van der Waals surface area contributed by atoms with Crippen molar-refractivity contribution in [3.05, 3.63) is 16.1 Å². The van der Waals surface area contributed by atoms with Crippen LogP contribution in [0.3, 0.4) is 0 Å². The molecule has 0 aromatic carbocycles. The molecule has 1 aliphatic heterocycles. The lowest BCUT2D eigenvalue weighted by Crippen LogP contribution is -2.24. The monoisotopic (exact) mass is 210 g/mol. The lowest BCUT2D eigenvalue weighted by molar-refractivity contribution is -0.122. The van der Waals surface area contributed by atoms with Gasteiger partial charge in [0.1, 0.15) is 0 Å². The summed E-state index contributed by atoms with van der Waals surface area (Å²) in [5.74, 6) is 0.437. The number of hydrogen-bond acceptors (Lipinski definition) is 3. The molecule has 1 amide bonds. The third-order valence-corrected chi connectivity index (χ3v) is 3.63. The Morgan fingerprint density at radius 1 is 1.50 bits per heavy atom. The minimum absolute atomic E-state index is 0.0477. The largest absolute Gasteiger partial charge is 0.353 e. The van der Waals surface area contributed by atoms with E-state index in [-0.39, 0.29) is 23.8 Å². The second kappa shape index (κ2) is 3.35. The minimum Gasteiger partial charge on any atom is -0.353 e. The van der Waals surface area contributed by atoms with Crippen molar-refractivity contribution in [3.63, 3.8) is 0 Å². The molecule has 0 aliphatic carbocycles. The van der Waals surface area contributed by atoms with Crippen LogP contribution in [-0.4, -0.2) is 16.9 Å². The van der Waals surface area contributed by atoms with Gasteiger partial charge in [0.05, 0.1) is 10.7 Å². The van der Waals surface area contributed by atoms with E-state index in [2.05, 4.69) is 15.7 Å². The lowest BCUT2D eigenvalue weighted by atomic mass is 9.90. The SMILES string of the molecule is Cc1nc(C2C(C)NC(=O)C2C)cs1. The summed E-state index contributed by atoms with van der Waals surface area (Å²) in [6.45, 7) is 6.01. The average Bonchev–Trinajstić information content (AvgIpc) is 2.60. The van der Waals surface area contributed by atoms with Crippen LogP contribution in [-0.2, 0) is 4.79 Å². The van der Waals surface area contributed by atoms with Crippen molar-refractivity contribution in [2.75, 3.05) is 0 Å². The van der Waals surface area contributed by atoms with Crippen LogP contribution in [0, 0.1) is 12.8 Å². The van der Waals surface area contributed by atoms with Gasteiger partial charge in [-0.25, -0.2) is 4.98 Å². The summed E-state index contributed by atoms with van der Waals surface area (Å²) < 4.78 is 0. The quantitative estimate of drug-likeness (QED) is 0.766. The predicted octanol–water partition coefficient (Wildman–Crippen LogP) is 1.69. The Labute approximate surface area is 87.6 Å². The van der Waals surface area contributed by atoms with E-state index in [4.69, 9.17) is 0 Å². The maximum absolute atomic E-state index is 11.4. The van der Waals surface area contributed by atoms with Crippen LogP contribution < -0.4 is 5.32 Å². The standard InChI is InChI=1S/C10H14N2OS/c1-5-9(6(2)11-10(5)13)8-4-14-7(3)12-8/h4-6,9H,1-3H3,(H,11,13). The minimum atomic E-state index is 0.0477. The molecule has 1 aromatic rings. The van der Waals surface area contributed by atoms with Gasteiger partial charge in [0.25, 0.3) is 0 Å². The molecule has 1 aromatic heterocycles. The first kappa shape index (κ1) is 9.65. The van der Waals surface area contributed by atoms with Gasteiger partial charge in [-0.3, -0.25) is 4.79 Å². The van der Waals surface area contributed by atoms with E-state index >= 15 is 0 Å². The normalized spacial score (nSPS) is 31.9. The molecule has 76 valence electrons. The second-order valence-electron chi connectivity index (χ2n) is 3.90. The van der Waals surface area contributed by atoms with Gasteiger partial charge in [0.15, 0.2) is 0 Å². The van der Waals surface area contributed by atoms with Gasteiger partial charge in [-0.05, 0) is 13.8 Å². The number of carbonyl (C=O) groups is 1. The van der Waals surface area contributed by atoms with Crippen LogP contribution in [0.25, 0.3) is 0 Å². The van der Waals surface area contributed by atoms with Crippen LogP contribution in [0.15, 0.2) is 5.38 Å². The molecule has 0 spiro atoms. The Morgan fingerprint density at radius 3 is 2.64 bits per heavy atom. The number of nitrogens with one attached hydrogen (secondary N) is 1. The van der Waals surface area contributed by atoms with Crippen LogP contribution in [0.5, 0.6) is 0 Å². The highest BCUT2D eigenvalue weighted by molar-refractivity contribution is 7.09. The molecule has 14 heavy (non-hydrogen) atoms. The van der Waals surface area contributed by atoms with E-state index in [1.54, 1.807) is 11.3 Å². The lowest BCUT2D eigenvalue weighted by Gasteiger charge is -2.14. The van der Waals surface area contributed by atoms with E-state index in [1.165, 1.54) is 0 Å². The number of amides is 1. The third kappa shape index (κ3) is 1.43. The molecule has 4 heteroatoms. The van der Waals surface area contributed by atoms with E-state index in [9.17, 15) is 4.79 Å². The third-order valence-electron chi connectivity index (χ3n) is 2.84. The van der Waals surface area contributed by atoms with Crippen LogP contribution in [0.1, 0.15) is 30.5 Å². The fourth-order valence-electron chi connectivity index (χ4n) is 2.09. The number of nitrogens with zero attached hydrogens (tertiary/aromatic N) is 1.